The lowest BCUT2D eigenvalue weighted by atomic mass is 10.0. The van der Waals surface area contributed by atoms with Gasteiger partial charge in [0.2, 0.25) is 5.95 Å². The number of aromatic nitrogens is 3. The Labute approximate surface area is 223 Å². The molecule has 8 nitrogen and oxygen atoms in total. The Hall–Kier alpha value is -2.79. The van der Waals surface area contributed by atoms with E-state index in [2.05, 4.69) is 32.0 Å². The zero-order chi connectivity index (χ0) is 25.3. The van der Waals surface area contributed by atoms with E-state index in [4.69, 9.17) is 27.3 Å². The van der Waals surface area contributed by atoms with E-state index in [1.165, 1.54) is 17.8 Å². The van der Waals surface area contributed by atoms with Crippen molar-refractivity contribution in [1.29, 1.82) is 0 Å². The molecule has 3 aliphatic rings. The predicted molar refractivity (Wildman–Crippen MR) is 149 cm³/mol. The maximum atomic E-state index is 16.6. The smallest absolute Gasteiger partial charge is 0.228 e. The van der Waals surface area contributed by atoms with Gasteiger partial charge >= 0.3 is 0 Å². The number of piperazine rings is 1. The largest absolute Gasteiger partial charge is 0.375 e. The molecule has 11 heteroatoms. The topological polar surface area (TPSA) is 86.4 Å². The molecule has 4 aromatic rings. The lowest BCUT2D eigenvalue weighted by Crippen LogP contribution is -2.44. The monoisotopic (exact) mass is 538 g/mol. The predicted octanol–water partition coefficient (Wildman–Crippen LogP) is 3.83. The van der Waals surface area contributed by atoms with Gasteiger partial charge in [-0.3, -0.25) is 0 Å². The summed E-state index contributed by atoms with van der Waals surface area (Å²) in [5.41, 5.74) is 7.86. The Morgan fingerprint density at radius 2 is 1.92 bits per heavy atom. The summed E-state index contributed by atoms with van der Waals surface area (Å²) in [6.45, 7) is 6.14. The molecule has 0 radical (unpaired) electrons. The number of para-hydroxylation sites is 1. The fourth-order valence-corrected chi connectivity index (χ4v) is 7.23. The minimum absolute atomic E-state index is 0.295. The van der Waals surface area contributed by atoms with Crippen molar-refractivity contribution in [3.63, 3.8) is 0 Å². The van der Waals surface area contributed by atoms with E-state index in [9.17, 15) is 0 Å². The van der Waals surface area contributed by atoms with Gasteiger partial charge in [0.25, 0.3) is 0 Å². The van der Waals surface area contributed by atoms with Crippen LogP contribution in [0.15, 0.2) is 24.3 Å². The van der Waals surface area contributed by atoms with Gasteiger partial charge in [-0.05, 0) is 38.1 Å². The summed E-state index contributed by atoms with van der Waals surface area (Å²) in [5.74, 6) is 1.48. The van der Waals surface area contributed by atoms with Crippen LogP contribution in [0.1, 0.15) is 6.42 Å². The summed E-state index contributed by atoms with van der Waals surface area (Å²) < 4.78 is 17.5. The van der Waals surface area contributed by atoms with Gasteiger partial charge in [0.15, 0.2) is 10.9 Å². The molecule has 5 heterocycles. The number of benzene rings is 2. The zero-order valence-corrected chi connectivity index (χ0v) is 22.1. The van der Waals surface area contributed by atoms with Crippen LogP contribution in [0.2, 0.25) is 5.02 Å². The van der Waals surface area contributed by atoms with E-state index < -0.39 is 5.82 Å². The van der Waals surface area contributed by atoms with Crippen LogP contribution in [0, 0.1) is 11.7 Å². The maximum Gasteiger partial charge on any atom is 0.228 e. The number of nitrogens with two attached hydrogens (primary N) is 1. The van der Waals surface area contributed by atoms with Crippen molar-refractivity contribution in [2.24, 2.45) is 5.92 Å². The van der Waals surface area contributed by atoms with E-state index in [1.54, 1.807) is 0 Å². The van der Waals surface area contributed by atoms with Crippen molar-refractivity contribution in [3.05, 3.63) is 35.1 Å². The van der Waals surface area contributed by atoms with Gasteiger partial charge in [0, 0.05) is 61.8 Å². The summed E-state index contributed by atoms with van der Waals surface area (Å²) in [4.78, 5) is 21.2. The third-order valence-electron chi connectivity index (χ3n) is 8.08. The lowest BCUT2D eigenvalue weighted by Gasteiger charge is -2.30. The minimum Gasteiger partial charge on any atom is -0.375 e. The Morgan fingerprint density at radius 3 is 2.73 bits per heavy atom. The molecule has 0 saturated carbocycles. The molecule has 192 valence electrons. The fourth-order valence-electron chi connectivity index (χ4n) is 6.18. The molecule has 2 aromatic carbocycles. The molecule has 3 N–H and O–H groups in total. The second-order valence-corrected chi connectivity index (χ2v) is 11.7. The van der Waals surface area contributed by atoms with Crippen LogP contribution < -0.4 is 20.9 Å². The average Bonchev–Trinajstić information content (AvgIpc) is 3.59. The van der Waals surface area contributed by atoms with E-state index in [0.29, 0.717) is 55.6 Å². The highest BCUT2D eigenvalue weighted by atomic mass is 35.5. The number of hydrogen-bond acceptors (Lipinski definition) is 9. The molecular formula is C26H28ClFN8S. The first kappa shape index (κ1) is 23.3. The zero-order valence-electron chi connectivity index (χ0n) is 20.5. The summed E-state index contributed by atoms with van der Waals surface area (Å²) >= 11 is 8.19. The van der Waals surface area contributed by atoms with Gasteiger partial charge in [-0.25, -0.2) is 14.4 Å². The molecule has 7 rings (SSSR count). The van der Waals surface area contributed by atoms with Crippen LogP contribution in [-0.2, 0) is 0 Å². The van der Waals surface area contributed by atoms with Gasteiger partial charge in [-0.1, -0.05) is 35.1 Å². The van der Waals surface area contributed by atoms with Gasteiger partial charge in [-0.2, -0.15) is 4.98 Å². The average molecular weight is 539 g/mol. The SMILES string of the molecule is CN1CCC2CN(c3nc(N4CCNCC4)c4cc(Cl)c(-c5cccc6sc(N)nc56)c(F)c4n3)CC21. The number of nitrogen functional groups attached to an aromatic ring is 1. The third kappa shape index (κ3) is 3.80. The van der Waals surface area contributed by atoms with Crippen molar-refractivity contribution in [3.8, 4) is 11.1 Å². The normalized spacial score (nSPS) is 22.5. The van der Waals surface area contributed by atoms with E-state index in [0.717, 1.165) is 56.3 Å². The third-order valence-corrected chi connectivity index (χ3v) is 9.23. The van der Waals surface area contributed by atoms with Crippen LogP contribution in [-0.4, -0.2) is 78.8 Å². The lowest BCUT2D eigenvalue weighted by molar-refractivity contribution is 0.310. The number of thiazole rings is 1. The van der Waals surface area contributed by atoms with Crippen LogP contribution in [0.4, 0.5) is 21.3 Å². The molecule has 0 amide bonds. The van der Waals surface area contributed by atoms with Gasteiger partial charge in [0.1, 0.15) is 11.3 Å². The van der Waals surface area contributed by atoms with Gasteiger partial charge < -0.3 is 25.8 Å². The number of nitrogens with one attached hydrogen (secondary N) is 1. The molecule has 3 fully saturated rings. The standard InChI is InChI=1S/C26H28ClFN8S/c1-34-8-5-14-12-36(13-18(14)34)26-32-23-16(24(33-26)35-9-6-30-7-10-35)11-17(27)20(21(23)28)15-3-2-4-19-22(15)31-25(29)37-19/h2-4,11,14,18,30H,5-10,12-13H2,1H3,(H2,29,31). The molecular weight excluding hydrogens is 511 g/mol. The molecule has 2 atom stereocenters. The maximum absolute atomic E-state index is 16.6. The molecule has 2 unspecified atom stereocenters. The van der Waals surface area contributed by atoms with E-state index in [-0.39, 0.29) is 0 Å². The highest BCUT2D eigenvalue weighted by Crippen LogP contribution is 2.42. The second-order valence-electron chi connectivity index (χ2n) is 10.2. The number of nitrogens with zero attached hydrogens (tertiary/aromatic N) is 6. The van der Waals surface area contributed by atoms with E-state index in [1.807, 2.05) is 24.3 Å². The number of hydrogen-bond donors (Lipinski definition) is 2. The fraction of sp³-hybridized carbons (Fsp3) is 0.423. The molecule has 0 aliphatic carbocycles. The summed E-state index contributed by atoms with van der Waals surface area (Å²) in [5, 5.41) is 4.78. The van der Waals surface area contributed by atoms with Crippen LogP contribution in [0.5, 0.6) is 0 Å². The number of anilines is 3. The number of fused-ring (bicyclic) bond motifs is 3. The first-order chi connectivity index (χ1) is 18.0. The molecule has 3 aliphatic heterocycles. The Morgan fingerprint density at radius 1 is 1.08 bits per heavy atom. The van der Waals surface area contributed by atoms with Crippen LogP contribution in [0.3, 0.4) is 0 Å². The Kier molecular flexibility index (Phi) is 5.62. The number of halogens is 2. The summed E-state index contributed by atoms with van der Waals surface area (Å²) in [6, 6.07) is 7.96. The summed E-state index contributed by atoms with van der Waals surface area (Å²) in [6.07, 6.45) is 1.17. The van der Waals surface area contributed by atoms with Crippen molar-refractivity contribution >= 4 is 61.0 Å². The highest BCUT2D eigenvalue weighted by molar-refractivity contribution is 7.22. The van der Waals surface area contributed by atoms with Crippen molar-refractivity contribution < 1.29 is 4.39 Å². The number of rotatable bonds is 3. The van der Waals surface area contributed by atoms with Crippen LogP contribution >= 0.6 is 22.9 Å². The first-order valence-electron chi connectivity index (χ1n) is 12.7. The number of likely N-dealkylation sites (tertiary alicyclic amines) is 1. The van der Waals surface area contributed by atoms with Crippen molar-refractivity contribution in [1.82, 2.24) is 25.2 Å². The highest BCUT2D eigenvalue weighted by Gasteiger charge is 2.41. The second kappa shape index (κ2) is 8.90. The Bertz CT molecular complexity index is 1520. The summed E-state index contributed by atoms with van der Waals surface area (Å²) in [7, 11) is 2.18. The van der Waals surface area contributed by atoms with Crippen LogP contribution in [0.25, 0.3) is 32.2 Å². The molecule has 37 heavy (non-hydrogen) atoms. The number of likely N-dealkylation sites (N-methyl/N-ethyl adjacent to an activating group) is 1. The van der Waals surface area contributed by atoms with Gasteiger partial charge in [0.05, 0.1) is 15.2 Å². The minimum atomic E-state index is -0.446. The van der Waals surface area contributed by atoms with Gasteiger partial charge in [-0.15, -0.1) is 0 Å². The van der Waals surface area contributed by atoms with E-state index >= 15 is 4.39 Å². The molecule has 0 bridgehead atoms. The molecule has 0 spiro atoms. The molecule has 3 saturated heterocycles. The first-order valence-corrected chi connectivity index (χ1v) is 13.9. The van der Waals surface area contributed by atoms with Crippen molar-refractivity contribution in [2.45, 2.75) is 12.5 Å². The quantitative estimate of drug-likeness (QED) is 0.407. The molecule has 2 aromatic heterocycles. The van der Waals surface area contributed by atoms with Crippen molar-refractivity contribution in [2.75, 3.05) is 68.4 Å². The Balaban J connectivity index is 1.42.